The Bertz CT molecular complexity index is 694. The topological polar surface area (TPSA) is 63.8 Å². The van der Waals surface area contributed by atoms with E-state index in [0.29, 0.717) is 17.4 Å². The number of rotatable bonds is 6. The Morgan fingerprint density at radius 1 is 1.48 bits per heavy atom. The Morgan fingerprint density at radius 2 is 2.26 bits per heavy atom. The van der Waals surface area contributed by atoms with Crippen LogP contribution in [0.4, 0.5) is 0 Å². The first-order valence-corrected chi connectivity index (χ1v) is 8.05. The summed E-state index contributed by atoms with van der Waals surface area (Å²) in [6.45, 7) is 6.04. The average molecular weight is 379 g/mol. The Hall–Kier alpha value is -2.08. The Balaban J connectivity index is 1.94. The lowest BCUT2D eigenvalue weighted by atomic mass is 10.0. The lowest BCUT2D eigenvalue weighted by molar-refractivity contribution is -0.123. The van der Waals surface area contributed by atoms with E-state index in [4.69, 9.17) is 9.15 Å². The van der Waals surface area contributed by atoms with Crippen molar-refractivity contribution in [2.75, 3.05) is 6.61 Å². The van der Waals surface area contributed by atoms with Crippen LogP contribution in [0.15, 0.2) is 44.5 Å². The molecule has 0 aliphatic heterocycles. The molecule has 5 nitrogen and oxygen atoms in total. The number of ether oxygens (including phenoxy) is 1. The Morgan fingerprint density at radius 3 is 2.91 bits per heavy atom. The van der Waals surface area contributed by atoms with Gasteiger partial charge in [-0.25, -0.2) is 5.43 Å². The molecule has 23 heavy (non-hydrogen) atoms. The zero-order valence-corrected chi connectivity index (χ0v) is 14.9. The minimum Gasteiger partial charge on any atom is -0.483 e. The zero-order valence-electron chi connectivity index (χ0n) is 13.3. The molecule has 1 aromatic heterocycles. The normalized spacial score (nSPS) is 11.2. The summed E-state index contributed by atoms with van der Waals surface area (Å²) >= 11 is 3.52. The van der Waals surface area contributed by atoms with Crippen LogP contribution in [0.5, 0.6) is 5.75 Å². The number of furan rings is 1. The molecule has 1 amide bonds. The van der Waals surface area contributed by atoms with E-state index >= 15 is 0 Å². The molecule has 0 radical (unpaired) electrons. The van der Waals surface area contributed by atoms with E-state index in [2.05, 4.69) is 40.3 Å². The van der Waals surface area contributed by atoms with Crippen LogP contribution < -0.4 is 10.2 Å². The Kier molecular flexibility index (Phi) is 5.98. The summed E-state index contributed by atoms with van der Waals surface area (Å²) in [5, 5.41) is 3.81. The molecule has 1 aromatic carbocycles. The van der Waals surface area contributed by atoms with Crippen LogP contribution >= 0.6 is 15.9 Å². The molecule has 0 bridgehead atoms. The highest BCUT2D eigenvalue weighted by molar-refractivity contribution is 9.10. The van der Waals surface area contributed by atoms with Crippen LogP contribution in [-0.2, 0) is 4.79 Å². The smallest absolute Gasteiger partial charge is 0.277 e. The van der Waals surface area contributed by atoms with Gasteiger partial charge in [-0.1, -0.05) is 29.8 Å². The van der Waals surface area contributed by atoms with Gasteiger partial charge in [-0.2, -0.15) is 5.10 Å². The number of halogens is 1. The maximum Gasteiger partial charge on any atom is 0.277 e. The largest absolute Gasteiger partial charge is 0.483 e. The Labute approximate surface area is 143 Å². The van der Waals surface area contributed by atoms with Gasteiger partial charge in [0.05, 0.1) is 12.5 Å². The van der Waals surface area contributed by atoms with Crippen LogP contribution in [0.25, 0.3) is 0 Å². The molecule has 0 unspecified atom stereocenters. The summed E-state index contributed by atoms with van der Waals surface area (Å²) in [4.78, 5) is 11.8. The van der Waals surface area contributed by atoms with Gasteiger partial charge in [-0.15, -0.1) is 0 Å². The third kappa shape index (κ3) is 4.96. The van der Waals surface area contributed by atoms with E-state index in [1.54, 1.807) is 12.1 Å². The summed E-state index contributed by atoms with van der Waals surface area (Å²) in [6, 6.07) is 7.45. The van der Waals surface area contributed by atoms with E-state index < -0.39 is 0 Å². The lowest BCUT2D eigenvalue weighted by Crippen LogP contribution is -2.25. The maximum absolute atomic E-state index is 11.8. The molecule has 0 spiro atoms. The molecule has 1 N–H and O–H groups in total. The van der Waals surface area contributed by atoms with Crippen LogP contribution in [-0.4, -0.2) is 18.7 Å². The SMILES string of the molecule is Cc1cc(OCC(=O)N/N=C/c2ccco2)c(C(C)C)cc1Br. The summed E-state index contributed by atoms with van der Waals surface area (Å²) in [6.07, 6.45) is 2.97. The van der Waals surface area contributed by atoms with Gasteiger partial charge in [-0.3, -0.25) is 4.79 Å². The first-order valence-electron chi connectivity index (χ1n) is 7.25. The fourth-order valence-electron chi connectivity index (χ4n) is 1.95. The highest BCUT2D eigenvalue weighted by atomic mass is 79.9. The second-order valence-electron chi connectivity index (χ2n) is 5.39. The van der Waals surface area contributed by atoms with Crippen molar-refractivity contribution < 1.29 is 13.9 Å². The minimum absolute atomic E-state index is 0.101. The van der Waals surface area contributed by atoms with E-state index in [0.717, 1.165) is 15.6 Å². The van der Waals surface area contributed by atoms with Crippen molar-refractivity contribution in [3.8, 4) is 5.75 Å². The summed E-state index contributed by atoms with van der Waals surface area (Å²) in [5.41, 5.74) is 4.51. The van der Waals surface area contributed by atoms with Crippen molar-refractivity contribution in [2.45, 2.75) is 26.7 Å². The van der Waals surface area contributed by atoms with Crippen molar-refractivity contribution in [3.05, 3.63) is 51.9 Å². The molecule has 0 saturated heterocycles. The van der Waals surface area contributed by atoms with Crippen molar-refractivity contribution in [2.24, 2.45) is 5.10 Å². The molecular weight excluding hydrogens is 360 g/mol. The molecular formula is C17H19BrN2O3. The van der Waals surface area contributed by atoms with Gasteiger partial charge >= 0.3 is 0 Å². The van der Waals surface area contributed by atoms with Gasteiger partial charge in [0.1, 0.15) is 11.5 Å². The predicted octanol–water partition coefficient (Wildman–Crippen LogP) is 4.00. The number of aryl methyl sites for hydroxylation is 1. The minimum atomic E-state index is -0.330. The first kappa shape index (κ1) is 17.3. The molecule has 1 heterocycles. The van der Waals surface area contributed by atoms with Crippen LogP contribution in [0.3, 0.4) is 0 Å². The fraction of sp³-hybridized carbons (Fsp3) is 0.294. The van der Waals surface area contributed by atoms with E-state index in [9.17, 15) is 4.79 Å². The number of hydrogen-bond acceptors (Lipinski definition) is 4. The van der Waals surface area contributed by atoms with Gasteiger partial charge in [0.15, 0.2) is 6.61 Å². The predicted molar refractivity (Wildman–Crippen MR) is 92.9 cm³/mol. The number of carbonyl (C=O) groups is 1. The number of nitrogens with zero attached hydrogens (tertiary/aromatic N) is 1. The highest BCUT2D eigenvalue weighted by Crippen LogP contribution is 2.32. The third-order valence-electron chi connectivity index (χ3n) is 3.20. The third-order valence-corrected chi connectivity index (χ3v) is 4.05. The monoisotopic (exact) mass is 378 g/mol. The van der Waals surface area contributed by atoms with Crippen molar-refractivity contribution >= 4 is 28.1 Å². The maximum atomic E-state index is 11.8. The van der Waals surface area contributed by atoms with Crippen molar-refractivity contribution in [1.29, 1.82) is 0 Å². The van der Waals surface area contributed by atoms with Crippen LogP contribution in [0.2, 0.25) is 0 Å². The molecule has 122 valence electrons. The first-order chi connectivity index (χ1) is 11.0. The number of hydrogen-bond donors (Lipinski definition) is 1. The van der Waals surface area contributed by atoms with Crippen molar-refractivity contribution in [3.63, 3.8) is 0 Å². The van der Waals surface area contributed by atoms with E-state index in [1.807, 2.05) is 19.1 Å². The number of amides is 1. The molecule has 0 atom stereocenters. The molecule has 0 fully saturated rings. The highest BCUT2D eigenvalue weighted by Gasteiger charge is 2.12. The van der Waals surface area contributed by atoms with Gasteiger partial charge in [-0.05, 0) is 48.2 Å². The van der Waals surface area contributed by atoms with Gasteiger partial charge in [0.2, 0.25) is 0 Å². The average Bonchev–Trinajstić information content (AvgIpc) is 3.01. The van der Waals surface area contributed by atoms with E-state index in [-0.39, 0.29) is 12.5 Å². The molecule has 0 aliphatic carbocycles. The van der Waals surface area contributed by atoms with Crippen LogP contribution in [0.1, 0.15) is 36.7 Å². The number of nitrogens with one attached hydrogen (secondary N) is 1. The second kappa shape index (κ2) is 7.97. The van der Waals surface area contributed by atoms with E-state index in [1.165, 1.54) is 12.5 Å². The molecule has 6 heteroatoms. The summed E-state index contributed by atoms with van der Waals surface area (Å²) < 4.78 is 11.8. The quantitative estimate of drug-likeness (QED) is 0.610. The molecule has 2 rings (SSSR count). The molecule has 0 saturated carbocycles. The summed E-state index contributed by atoms with van der Waals surface area (Å²) in [7, 11) is 0. The van der Waals surface area contributed by atoms with Gasteiger partial charge in [0.25, 0.3) is 5.91 Å². The lowest BCUT2D eigenvalue weighted by Gasteiger charge is -2.15. The number of carbonyl (C=O) groups excluding carboxylic acids is 1. The van der Waals surface area contributed by atoms with Crippen molar-refractivity contribution in [1.82, 2.24) is 5.43 Å². The second-order valence-corrected chi connectivity index (χ2v) is 6.25. The molecule has 0 aliphatic rings. The zero-order chi connectivity index (χ0) is 16.8. The van der Waals surface area contributed by atoms with Crippen LogP contribution in [0, 0.1) is 6.92 Å². The number of benzene rings is 1. The fourth-order valence-corrected chi connectivity index (χ4v) is 2.32. The standard InChI is InChI=1S/C17H19BrN2O3/c1-11(2)14-8-15(18)12(3)7-16(14)23-10-17(21)20-19-9-13-5-4-6-22-13/h4-9,11H,10H2,1-3H3,(H,20,21)/b19-9+. The van der Waals surface area contributed by atoms with Gasteiger partial charge in [0, 0.05) is 4.47 Å². The molecule has 2 aromatic rings. The summed E-state index contributed by atoms with van der Waals surface area (Å²) in [5.74, 6) is 1.24. The number of hydrazone groups is 1. The van der Waals surface area contributed by atoms with Gasteiger partial charge < -0.3 is 9.15 Å².